The summed E-state index contributed by atoms with van der Waals surface area (Å²) in [6.45, 7) is 1.04. The van der Waals surface area contributed by atoms with Crippen LogP contribution in [0.2, 0.25) is 0 Å². The van der Waals surface area contributed by atoms with Crippen LogP contribution >= 0.6 is 11.8 Å². The Morgan fingerprint density at radius 2 is 2.39 bits per heavy atom. The number of carbonyl (C=O) groups is 2. The van der Waals surface area contributed by atoms with Gasteiger partial charge < -0.3 is 20.3 Å². The highest BCUT2D eigenvalue weighted by Crippen LogP contribution is 2.22. The molecule has 0 unspecified atom stereocenters. The van der Waals surface area contributed by atoms with Crippen LogP contribution in [0.3, 0.4) is 0 Å². The zero-order valence-electron chi connectivity index (χ0n) is 9.65. The van der Waals surface area contributed by atoms with Crippen molar-refractivity contribution in [1.29, 1.82) is 0 Å². The molecule has 0 aromatic carbocycles. The van der Waals surface area contributed by atoms with Crippen LogP contribution in [0.5, 0.6) is 0 Å². The molecule has 1 saturated heterocycles. The molecule has 0 bridgehead atoms. The van der Waals surface area contributed by atoms with Crippen LogP contribution in [0.1, 0.15) is 10.5 Å². The summed E-state index contributed by atoms with van der Waals surface area (Å²) in [6, 6.07) is -0.762. The standard InChI is InChI=1S/C10H14N4O3S/c11-1-2-13-3-7(12-5-13)9(15)14-6-18-4-8(14)10(16)17/h3,5,8H,1-2,4,6,11H2,(H,16,17)/t8-/m0/s1. The van der Waals surface area contributed by atoms with Crippen LogP contribution in [0.25, 0.3) is 0 Å². The molecule has 0 saturated carbocycles. The van der Waals surface area contributed by atoms with Crippen molar-refractivity contribution in [2.75, 3.05) is 18.2 Å². The highest BCUT2D eigenvalue weighted by molar-refractivity contribution is 7.99. The first kappa shape index (κ1) is 12.9. The van der Waals surface area contributed by atoms with E-state index in [4.69, 9.17) is 10.8 Å². The minimum absolute atomic E-state index is 0.261. The van der Waals surface area contributed by atoms with Gasteiger partial charge in [0.25, 0.3) is 5.91 Å². The van der Waals surface area contributed by atoms with Gasteiger partial charge in [-0.05, 0) is 0 Å². The second-order valence-corrected chi connectivity index (χ2v) is 4.91. The van der Waals surface area contributed by atoms with Crippen molar-refractivity contribution in [3.63, 3.8) is 0 Å². The summed E-state index contributed by atoms with van der Waals surface area (Å²) < 4.78 is 1.71. The number of rotatable bonds is 4. The lowest BCUT2D eigenvalue weighted by Gasteiger charge is -2.18. The molecule has 1 amide bonds. The Morgan fingerprint density at radius 1 is 1.61 bits per heavy atom. The van der Waals surface area contributed by atoms with Crippen molar-refractivity contribution in [2.45, 2.75) is 12.6 Å². The van der Waals surface area contributed by atoms with Crippen molar-refractivity contribution in [3.05, 3.63) is 18.2 Å². The molecule has 2 rings (SSSR count). The van der Waals surface area contributed by atoms with Gasteiger partial charge in [0.15, 0.2) is 0 Å². The molecule has 0 aliphatic carbocycles. The van der Waals surface area contributed by atoms with Crippen molar-refractivity contribution >= 4 is 23.6 Å². The monoisotopic (exact) mass is 270 g/mol. The number of thioether (sulfide) groups is 1. The van der Waals surface area contributed by atoms with Gasteiger partial charge in [0.1, 0.15) is 11.7 Å². The number of imidazole rings is 1. The molecule has 1 fully saturated rings. The summed E-state index contributed by atoms with van der Waals surface area (Å²) in [6.07, 6.45) is 3.12. The van der Waals surface area contributed by atoms with E-state index in [9.17, 15) is 9.59 Å². The Bertz CT molecular complexity index is 462. The van der Waals surface area contributed by atoms with Crippen LogP contribution in [0.4, 0.5) is 0 Å². The minimum Gasteiger partial charge on any atom is -0.480 e. The zero-order chi connectivity index (χ0) is 13.1. The fourth-order valence-electron chi connectivity index (χ4n) is 1.74. The van der Waals surface area contributed by atoms with E-state index in [1.165, 1.54) is 23.0 Å². The smallest absolute Gasteiger partial charge is 0.327 e. The zero-order valence-corrected chi connectivity index (χ0v) is 10.5. The fraction of sp³-hybridized carbons (Fsp3) is 0.500. The highest BCUT2D eigenvalue weighted by Gasteiger charge is 2.35. The molecule has 2 heterocycles. The first-order chi connectivity index (χ1) is 8.63. The van der Waals surface area contributed by atoms with Crippen LogP contribution < -0.4 is 5.73 Å². The summed E-state index contributed by atoms with van der Waals surface area (Å²) >= 11 is 1.43. The molecule has 98 valence electrons. The number of hydrogen-bond acceptors (Lipinski definition) is 5. The van der Waals surface area contributed by atoms with Crippen molar-refractivity contribution in [3.8, 4) is 0 Å². The summed E-state index contributed by atoms with van der Waals surface area (Å²) in [5.41, 5.74) is 5.67. The number of carbonyl (C=O) groups excluding carboxylic acids is 1. The lowest BCUT2D eigenvalue weighted by atomic mass is 10.3. The Hall–Kier alpha value is -1.54. The summed E-state index contributed by atoms with van der Waals surface area (Å²) in [4.78, 5) is 28.5. The van der Waals surface area contributed by atoms with Crippen molar-refractivity contribution in [1.82, 2.24) is 14.5 Å². The third-order valence-electron chi connectivity index (χ3n) is 2.67. The molecule has 1 aliphatic heterocycles. The van der Waals surface area contributed by atoms with E-state index in [-0.39, 0.29) is 11.6 Å². The largest absolute Gasteiger partial charge is 0.480 e. The van der Waals surface area contributed by atoms with Gasteiger partial charge in [0.05, 0.1) is 12.2 Å². The SMILES string of the molecule is NCCn1cnc(C(=O)N2CSC[C@H]2C(=O)O)c1. The molecule has 1 aromatic rings. The number of aliphatic carboxylic acids is 1. The predicted octanol–water partition coefficient (Wildman–Crippen LogP) is -0.558. The quantitative estimate of drug-likeness (QED) is 0.760. The lowest BCUT2D eigenvalue weighted by Crippen LogP contribution is -2.41. The van der Waals surface area contributed by atoms with Gasteiger partial charge >= 0.3 is 5.97 Å². The minimum atomic E-state index is -0.977. The predicted molar refractivity (Wildman–Crippen MR) is 66.2 cm³/mol. The summed E-state index contributed by atoms with van der Waals surface area (Å²) in [5, 5.41) is 9.02. The number of hydrogen-bond donors (Lipinski definition) is 2. The molecule has 7 nitrogen and oxygen atoms in total. The average Bonchev–Trinajstić information content (AvgIpc) is 2.96. The number of carboxylic acids is 1. The maximum absolute atomic E-state index is 12.1. The molecule has 0 spiro atoms. The van der Waals surface area contributed by atoms with Crippen molar-refractivity contribution in [2.24, 2.45) is 5.73 Å². The van der Waals surface area contributed by atoms with Crippen LogP contribution in [0, 0.1) is 0 Å². The second-order valence-electron chi connectivity index (χ2n) is 3.91. The van der Waals surface area contributed by atoms with Gasteiger partial charge in [-0.15, -0.1) is 11.8 Å². The summed E-state index contributed by atoms with van der Waals surface area (Å²) in [7, 11) is 0. The normalized spacial score (nSPS) is 19.2. The Labute approximate surface area is 108 Å². The molecular formula is C10H14N4O3S. The Kier molecular flexibility index (Phi) is 3.87. The van der Waals surface area contributed by atoms with Crippen LogP contribution in [-0.2, 0) is 11.3 Å². The van der Waals surface area contributed by atoms with Gasteiger partial charge in [0, 0.05) is 25.0 Å². The van der Waals surface area contributed by atoms with Gasteiger partial charge in [-0.2, -0.15) is 0 Å². The average molecular weight is 270 g/mol. The van der Waals surface area contributed by atoms with E-state index >= 15 is 0 Å². The fourth-order valence-corrected chi connectivity index (χ4v) is 2.88. The maximum atomic E-state index is 12.1. The molecular weight excluding hydrogens is 256 g/mol. The number of nitrogens with zero attached hydrogens (tertiary/aromatic N) is 3. The summed E-state index contributed by atoms with van der Waals surface area (Å²) in [5.74, 6) is -0.512. The van der Waals surface area contributed by atoms with E-state index in [0.29, 0.717) is 24.7 Å². The first-order valence-corrected chi connectivity index (χ1v) is 6.62. The molecule has 1 aromatic heterocycles. The number of nitrogens with two attached hydrogens (primary N) is 1. The van der Waals surface area contributed by atoms with E-state index in [2.05, 4.69) is 4.98 Å². The van der Waals surface area contributed by atoms with Crippen LogP contribution in [0.15, 0.2) is 12.5 Å². The number of carboxylic acid groups (broad SMARTS) is 1. The molecule has 18 heavy (non-hydrogen) atoms. The van der Waals surface area contributed by atoms with E-state index in [1.807, 2.05) is 0 Å². The van der Waals surface area contributed by atoms with Gasteiger partial charge in [-0.1, -0.05) is 0 Å². The third kappa shape index (κ3) is 2.49. The van der Waals surface area contributed by atoms with Gasteiger partial charge in [0.2, 0.25) is 0 Å². The van der Waals surface area contributed by atoms with Crippen molar-refractivity contribution < 1.29 is 14.7 Å². The number of amides is 1. The van der Waals surface area contributed by atoms with Gasteiger partial charge in [-0.3, -0.25) is 4.79 Å². The van der Waals surface area contributed by atoms with Crippen LogP contribution in [-0.4, -0.2) is 55.7 Å². The maximum Gasteiger partial charge on any atom is 0.327 e. The highest BCUT2D eigenvalue weighted by atomic mass is 32.2. The van der Waals surface area contributed by atoms with E-state index in [1.54, 1.807) is 10.8 Å². The molecule has 3 N–H and O–H groups in total. The molecule has 1 aliphatic rings. The lowest BCUT2D eigenvalue weighted by molar-refractivity contribution is -0.140. The van der Waals surface area contributed by atoms with E-state index < -0.39 is 12.0 Å². The molecule has 0 radical (unpaired) electrons. The third-order valence-corrected chi connectivity index (χ3v) is 3.68. The number of aromatic nitrogens is 2. The molecule has 8 heteroatoms. The van der Waals surface area contributed by atoms with E-state index in [0.717, 1.165) is 0 Å². The first-order valence-electron chi connectivity index (χ1n) is 5.47. The topological polar surface area (TPSA) is 101 Å². The van der Waals surface area contributed by atoms with Gasteiger partial charge in [-0.25, -0.2) is 9.78 Å². The molecule has 1 atom stereocenters. The second kappa shape index (κ2) is 5.40. The Morgan fingerprint density at radius 3 is 3.06 bits per heavy atom. The Balaban J connectivity index is 2.12.